The van der Waals surface area contributed by atoms with Crippen LogP contribution in [0.15, 0.2) is 46.8 Å². The molecule has 1 heterocycles. The number of thioether (sulfide) groups is 1. The average Bonchev–Trinajstić information content (AvgIpc) is 3.16. The number of benzene rings is 2. The van der Waals surface area contributed by atoms with Gasteiger partial charge in [0.2, 0.25) is 5.91 Å². The summed E-state index contributed by atoms with van der Waals surface area (Å²) in [5.74, 6) is 6.72. The zero-order valence-electron chi connectivity index (χ0n) is 17.7. The van der Waals surface area contributed by atoms with Crippen LogP contribution in [0.5, 0.6) is 0 Å². The molecule has 2 amide bonds. The van der Waals surface area contributed by atoms with Crippen LogP contribution in [0.2, 0.25) is 0 Å². The molecule has 0 unspecified atom stereocenters. The summed E-state index contributed by atoms with van der Waals surface area (Å²) >= 11 is 3.31. The highest BCUT2D eigenvalue weighted by Gasteiger charge is 2.10. The molecule has 1 aromatic heterocycles. The Labute approximate surface area is 191 Å². The Balaban J connectivity index is 1.51. The summed E-state index contributed by atoms with van der Waals surface area (Å²) < 4.78 is 2.02. The maximum absolute atomic E-state index is 12.3. The summed E-state index contributed by atoms with van der Waals surface area (Å²) in [5, 5.41) is 5.49. The van der Waals surface area contributed by atoms with Gasteiger partial charge >= 0.3 is 0 Å². The van der Waals surface area contributed by atoms with Crippen LogP contribution >= 0.6 is 23.1 Å². The molecular formula is C24H25N3O2S2. The van der Waals surface area contributed by atoms with Crippen LogP contribution in [0.1, 0.15) is 42.1 Å². The van der Waals surface area contributed by atoms with E-state index in [9.17, 15) is 9.59 Å². The van der Waals surface area contributed by atoms with Crippen LogP contribution in [0, 0.1) is 18.8 Å². The van der Waals surface area contributed by atoms with Crippen molar-refractivity contribution in [2.75, 3.05) is 17.6 Å². The fraction of sp³-hybridized carbons (Fsp3) is 0.292. The van der Waals surface area contributed by atoms with Crippen LogP contribution in [0.4, 0.5) is 5.69 Å². The first-order valence-electron chi connectivity index (χ1n) is 10.2. The van der Waals surface area contributed by atoms with Crippen molar-refractivity contribution in [2.45, 2.75) is 37.4 Å². The molecule has 2 aromatic carbocycles. The Morgan fingerprint density at radius 2 is 1.97 bits per heavy atom. The minimum atomic E-state index is -0.273. The lowest BCUT2D eigenvalue weighted by atomic mass is 10.1. The number of carbonyl (C=O) groups is 2. The molecular weight excluding hydrogens is 426 g/mol. The molecule has 0 atom stereocenters. The summed E-state index contributed by atoms with van der Waals surface area (Å²) in [6.45, 7) is 3.96. The number of fused-ring (bicyclic) bond motifs is 1. The topological polar surface area (TPSA) is 71.1 Å². The molecule has 7 heteroatoms. The van der Waals surface area contributed by atoms with E-state index < -0.39 is 0 Å². The fourth-order valence-electron chi connectivity index (χ4n) is 2.79. The van der Waals surface area contributed by atoms with Crippen molar-refractivity contribution in [2.24, 2.45) is 0 Å². The molecule has 160 valence electrons. The van der Waals surface area contributed by atoms with Gasteiger partial charge in [-0.3, -0.25) is 9.59 Å². The third-order valence-electron chi connectivity index (χ3n) is 4.29. The van der Waals surface area contributed by atoms with Crippen LogP contribution in [-0.2, 0) is 4.79 Å². The van der Waals surface area contributed by atoms with Crippen molar-refractivity contribution in [3.8, 4) is 11.8 Å². The first-order valence-corrected chi connectivity index (χ1v) is 12.0. The van der Waals surface area contributed by atoms with E-state index in [-0.39, 0.29) is 18.4 Å². The minimum absolute atomic E-state index is 0.0896. The molecule has 0 fully saturated rings. The number of aromatic nitrogens is 1. The molecule has 31 heavy (non-hydrogen) atoms. The number of thiazole rings is 1. The van der Waals surface area contributed by atoms with Crippen LogP contribution < -0.4 is 10.6 Å². The van der Waals surface area contributed by atoms with E-state index in [1.807, 2.05) is 37.3 Å². The van der Waals surface area contributed by atoms with Crippen LogP contribution in [-0.4, -0.2) is 29.1 Å². The van der Waals surface area contributed by atoms with Gasteiger partial charge in [-0.15, -0.1) is 23.2 Å². The van der Waals surface area contributed by atoms with Crippen LogP contribution in [0.25, 0.3) is 10.2 Å². The average molecular weight is 452 g/mol. The van der Waals surface area contributed by atoms with E-state index >= 15 is 0 Å². The normalized spacial score (nSPS) is 10.4. The SMILES string of the molecule is CCCC#CCCSc1nc2ccc(NC(=O)CNC(=O)c3cccc(C)c3)cc2s1. The van der Waals surface area contributed by atoms with Gasteiger partial charge in [0.05, 0.1) is 16.8 Å². The predicted octanol–water partition coefficient (Wildman–Crippen LogP) is 5.26. The number of rotatable bonds is 8. The van der Waals surface area contributed by atoms with Gasteiger partial charge in [-0.1, -0.05) is 36.4 Å². The van der Waals surface area contributed by atoms with Gasteiger partial charge < -0.3 is 10.6 Å². The zero-order valence-corrected chi connectivity index (χ0v) is 19.3. The van der Waals surface area contributed by atoms with E-state index in [4.69, 9.17) is 0 Å². The summed E-state index contributed by atoms with van der Waals surface area (Å²) in [7, 11) is 0. The number of hydrogen-bond donors (Lipinski definition) is 2. The predicted molar refractivity (Wildman–Crippen MR) is 130 cm³/mol. The Hall–Kier alpha value is -2.82. The molecule has 2 N–H and O–H groups in total. The number of nitrogens with one attached hydrogen (secondary N) is 2. The maximum atomic E-state index is 12.3. The molecule has 0 aliphatic carbocycles. The third kappa shape index (κ3) is 7.12. The van der Waals surface area contributed by atoms with Crippen molar-refractivity contribution >= 4 is 50.8 Å². The van der Waals surface area contributed by atoms with Crippen molar-refractivity contribution in [3.63, 3.8) is 0 Å². The van der Waals surface area contributed by atoms with Gasteiger partial charge in [0, 0.05) is 29.8 Å². The Morgan fingerprint density at radius 1 is 1.13 bits per heavy atom. The van der Waals surface area contributed by atoms with Gasteiger partial charge in [0.25, 0.3) is 5.91 Å². The maximum Gasteiger partial charge on any atom is 0.251 e. The highest BCUT2D eigenvalue weighted by Crippen LogP contribution is 2.31. The highest BCUT2D eigenvalue weighted by atomic mass is 32.2. The summed E-state index contributed by atoms with van der Waals surface area (Å²) in [4.78, 5) is 29.1. The molecule has 0 radical (unpaired) electrons. The lowest BCUT2D eigenvalue weighted by molar-refractivity contribution is -0.115. The number of hydrogen-bond acceptors (Lipinski definition) is 5. The molecule has 0 aliphatic heterocycles. The molecule has 0 aliphatic rings. The summed E-state index contributed by atoms with van der Waals surface area (Å²) in [6.07, 6.45) is 2.90. The van der Waals surface area contributed by atoms with E-state index in [0.29, 0.717) is 11.3 Å². The fourth-order valence-corrected chi connectivity index (χ4v) is 4.82. The van der Waals surface area contributed by atoms with Gasteiger partial charge in [-0.05, 0) is 43.7 Å². The number of unbranched alkanes of at least 4 members (excludes halogenated alkanes) is 1. The quantitative estimate of drug-likeness (QED) is 0.278. The Kier molecular flexibility index (Phi) is 8.51. The second-order valence-electron chi connectivity index (χ2n) is 6.96. The molecule has 0 saturated heterocycles. The number of anilines is 1. The third-order valence-corrected chi connectivity index (χ3v) is 6.46. The van der Waals surface area contributed by atoms with Crippen molar-refractivity contribution in [1.29, 1.82) is 0 Å². The van der Waals surface area contributed by atoms with Crippen molar-refractivity contribution in [3.05, 3.63) is 53.6 Å². The lowest BCUT2D eigenvalue weighted by Gasteiger charge is -2.07. The molecule has 0 bridgehead atoms. The largest absolute Gasteiger partial charge is 0.343 e. The molecule has 5 nitrogen and oxygen atoms in total. The first kappa shape index (κ1) is 22.9. The standard InChI is InChI=1S/C24H25N3O2S2/c1-3-4-5-6-7-13-30-24-27-20-12-11-19(15-21(20)31-24)26-22(28)16-25-23(29)18-10-8-9-17(2)14-18/h8-12,14-15H,3-4,7,13,16H2,1-2H3,(H,25,29)(H,26,28). The Bertz CT molecular complexity index is 1130. The molecule has 0 spiro atoms. The minimum Gasteiger partial charge on any atom is -0.343 e. The second-order valence-corrected chi connectivity index (χ2v) is 9.34. The van der Waals surface area contributed by atoms with E-state index in [0.717, 1.165) is 45.1 Å². The van der Waals surface area contributed by atoms with Crippen LogP contribution in [0.3, 0.4) is 0 Å². The summed E-state index contributed by atoms with van der Waals surface area (Å²) in [6, 6.07) is 12.9. The smallest absolute Gasteiger partial charge is 0.251 e. The lowest BCUT2D eigenvalue weighted by Crippen LogP contribution is -2.32. The van der Waals surface area contributed by atoms with Gasteiger partial charge in [-0.25, -0.2) is 4.98 Å². The molecule has 0 saturated carbocycles. The molecule has 3 rings (SSSR count). The van der Waals surface area contributed by atoms with Crippen molar-refractivity contribution in [1.82, 2.24) is 10.3 Å². The number of carbonyl (C=O) groups excluding carboxylic acids is 2. The van der Waals surface area contributed by atoms with Gasteiger partial charge in [0.1, 0.15) is 0 Å². The van der Waals surface area contributed by atoms with E-state index in [1.165, 1.54) is 0 Å². The van der Waals surface area contributed by atoms with Gasteiger partial charge in [-0.2, -0.15) is 0 Å². The number of aryl methyl sites for hydroxylation is 1. The zero-order chi connectivity index (χ0) is 22.1. The van der Waals surface area contributed by atoms with E-state index in [1.54, 1.807) is 35.2 Å². The number of amides is 2. The van der Waals surface area contributed by atoms with Crippen molar-refractivity contribution < 1.29 is 9.59 Å². The monoisotopic (exact) mass is 451 g/mol. The summed E-state index contributed by atoms with van der Waals surface area (Å²) in [5.41, 5.74) is 3.14. The second kappa shape index (κ2) is 11.5. The van der Waals surface area contributed by atoms with Gasteiger partial charge in [0.15, 0.2) is 4.34 Å². The Morgan fingerprint density at radius 3 is 2.77 bits per heavy atom. The molecule has 3 aromatic rings. The highest BCUT2D eigenvalue weighted by molar-refractivity contribution is 8.01. The number of nitrogens with zero attached hydrogens (tertiary/aromatic N) is 1. The van der Waals surface area contributed by atoms with E-state index in [2.05, 4.69) is 34.4 Å². The first-order chi connectivity index (χ1) is 15.0.